The van der Waals surface area contributed by atoms with Gasteiger partial charge in [0.1, 0.15) is 0 Å². The Bertz CT molecular complexity index is 679. The molecule has 0 unspecified atom stereocenters. The Labute approximate surface area is 120 Å². The Kier molecular flexibility index (Phi) is 2.97. The summed E-state index contributed by atoms with van der Waals surface area (Å²) in [5.74, 6) is -0.412. The lowest BCUT2D eigenvalue weighted by Crippen LogP contribution is -2.48. The number of hydrogen-bond acceptors (Lipinski definition) is 4. The Balaban J connectivity index is 2.13. The van der Waals surface area contributed by atoms with Crippen molar-refractivity contribution in [3.63, 3.8) is 0 Å². The van der Waals surface area contributed by atoms with Crippen LogP contribution in [0, 0.1) is 6.92 Å². The number of carboxylic acid groups (broad SMARTS) is 1. The van der Waals surface area contributed by atoms with Crippen LogP contribution in [0.4, 0.5) is 0 Å². The van der Waals surface area contributed by atoms with Crippen molar-refractivity contribution >= 4 is 17.6 Å². The Morgan fingerprint density at radius 2 is 2.20 bits per heavy atom. The normalized spacial score (nSPS) is 16.7. The van der Waals surface area contributed by atoms with E-state index in [2.05, 4.69) is 15.5 Å². The molecule has 0 spiro atoms. The van der Waals surface area contributed by atoms with E-state index in [0.717, 1.165) is 17.5 Å². The molecule has 0 saturated heterocycles. The molecular formula is C13H13ClN4O2. The molecule has 0 radical (unpaired) electrons. The molecule has 0 aliphatic heterocycles. The Hall–Kier alpha value is -1.95. The van der Waals surface area contributed by atoms with Crippen molar-refractivity contribution in [3.05, 3.63) is 28.8 Å². The molecule has 1 aliphatic carbocycles. The molecule has 0 bridgehead atoms. The zero-order chi connectivity index (χ0) is 14.3. The number of rotatable bonds is 3. The number of aliphatic carboxylic acids is 1. The van der Waals surface area contributed by atoms with E-state index in [0.29, 0.717) is 23.7 Å². The monoisotopic (exact) mass is 292 g/mol. The third-order valence-corrected chi connectivity index (χ3v) is 4.12. The molecule has 2 aromatic rings. The summed E-state index contributed by atoms with van der Waals surface area (Å²) in [4.78, 5) is 11.6. The molecule has 7 heteroatoms. The van der Waals surface area contributed by atoms with E-state index in [1.165, 1.54) is 4.68 Å². The summed E-state index contributed by atoms with van der Waals surface area (Å²) >= 11 is 5.94. The fourth-order valence-electron chi connectivity index (χ4n) is 2.55. The number of halogens is 1. The second kappa shape index (κ2) is 4.56. The zero-order valence-corrected chi connectivity index (χ0v) is 11.6. The van der Waals surface area contributed by atoms with E-state index in [1.54, 1.807) is 6.07 Å². The first-order valence-corrected chi connectivity index (χ1v) is 6.71. The van der Waals surface area contributed by atoms with Crippen LogP contribution in [0.15, 0.2) is 18.2 Å². The van der Waals surface area contributed by atoms with Crippen molar-refractivity contribution < 1.29 is 9.90 Å². The van der Waals surface area contributed by atoms with Gasteiger partial charge in [-0.2, -0.15) is 0 Å². The molecule has 1 aromatic carbocycles. The second-order valence-electron chi connectivity index (χ2n) is 5.06. The Morgan fingerprint density at radius 3 is 2.75 bits per heavy atom. The molecule has 0 atom stereocenters. The fourth-order valence-corrected chi connectivity index (χ4v) is 2.78. The minimum Gasteiger partial charge on any atom is -0.479 e. The molecule has 6 nitrogen and oxygen atoms in total. The topological polar surface area (TPSA) is 80.9 Å². The van der Waals surface area contributed by atoms with E-state index in [9.17, 15) is 9.90 Å². The first-order chi connectivity index (χ1) is 9.54. The van der Waals surface area contributed by atoms with E-state index in [4.69, 9.17) is 11.6 Å². The van der Waals surface area contributed by atoms with Gasteiger partial charge >= 0.3 is 5.97 Å². The molecule has 1 N–H and O–H groups in total. The number of hydrogen-bond donors (Lipinski definition) is 1. The number of tetrazole rings is 1. The van der Waals surface area contributed by atoms with Crippen LogP contribution in [0.1, 0.15) is 24.8 Å². The minimum atomic E-state index is -1.01. The molecule has 104 valence electrons. The molecule has 1 aromatic heterocycles. The lowest BCUT2D eigenvalue weighted by atomic mass is 9.76. The highest BCUT2D eigenvalue weighted by atomic mass is 35.5. The van der Waals surface area contributed by atoms with Crippen LogP contribution in [0.5, 0.6) is 0 Å². The van der Waals surface area contributed by atoms with Crippen LogP contribution in [0.2, 0.25) is 5.02 Å². The van der Waals surface area contributed by atoms with Crippen molar-refractivity contribution in [1.82, 2.24) is 20.2 Å². The summed E-state index contributed by atoms with van der Waals surface area (Å²) < 4.78 is 1.44. The molecular weight excluding hydrogens is 280 g/mol. The van der Waals surface area contributed by atoms with E-state index < -0.39 is 11.5 Å². The third kappa shape index (κ3) is 1.79. The minimum absolute atomic E-state index is 0.473. The van der Waals surface area contributed by atoms with Crippen LogP contribution in [-0.2, 0) is 10.3 Å². The van der Waals surface area contributed by atoms with Gasteiger partial charge in [-0.05, 0) is 60.4 Å². The van der Waals surface area contributed by atoms with Crippen LogP contribution < -0.4 is 0 Å². The lowest BCUT2D eigenvalue weighted by Gasteiger charge is -2.37. The lowest BCUT2D eigenvalue weighted by molar-refractivity contribution is -0.153. The van der Waals surface area contributed by atoms with Gasteiger partial charge in [0.05, 0.1) is 0 Å². The number of nitrogens with zero attached hydrogens (tertiary/aromatic N) is 4. The standard InChI is InChI=1S/C13H13ClN4O2/c1-8-7-9(14)3-4-10(8)11-15-16-17-18(11)13(12(19)20)5-2-6-13/h3-4,7H,2,5-6H2,1H3,(H,19,20). The van der Waals surface area contributed by atoms with Crippen LogP contribution in [0.25, 0.3) is 11.4 Å². The average molecular weight is 293 g/mol. The smallest absolute Gasteiger partial charge is 0.331 e. The van der Waals surface area contributed by atoms with Gasteiger partial charge in [0.15, 0.2) is 11.4 Å². The van der Waals surface area contributed by atoms with Crippen LogP contribution in [-0.4, -0.2) is 31.3 Å². The molecule has 1 saturated carbocycles. The van der Waals surface area contributed by atoms with Gasteiger partial charge in [-0.1, -0.05) is 11.6 Å². The van der Waals surface area contributed by atoms with Crippen molar-refractivity contribution in [2.24, 2.45) is 0 Å². The summed E-state index contributed by atoms with van der Waals surface area (Å²) in [7, 11) is 0. The summed E-state index contributed by atoms with van der Waals surface area (Å²) in [5, 5.41) is 21.7. The molecule has 1 heterocycles. The largest absolute Gasteiger partial charge is 0.479 e. The summed E-state index contributed by atoms with van der Waals surface area (Å²) in [5.41, 5.74) is 0.700. The SMILES string of the molecule is Cc1cc(Cl)ccc1-c1nnnn1C1(C(=O)O)CCC1. The number of aryl methyl sites for hydroxylation is 1. The van der Waals surface area contributed by atoms with Crippen molar-refractivity contribution in [1.29, 1.82) is 0 Å². The van der Waals surface area contributed by atoms with E-state index >= 15 is 0 Å². The molecule has 0 amide bonds. The van der Waals surface area contributed by atoms with Gasteiger partial charge in [0, 0.05) is 10.6 Å². The molecule has 1 aliphatic rings. The highest BCUT2D eigenvalue weighted by Crippen LogP contribution is 2.41. The predicted octanol–water partition coefficient (Wildman–Crippen LogP) is 2.27. The fraction of sp³-hybridized carbons (Fsp3) is 0.385. The number of benzene rings is 1. The van der Waals surface area contributed by atoms with Gasteiger partial charge in [-0.25, -0.2) is 9.48 Å². The van der Waals surface area contributed by atoms with Gasteiger partial charge < -0.3 is 5.11 Å². The average Bonchev–Trinajstić information content (AvgIpc) is 2.76. The highest BCUT2D eigenvalue weighted by Gasteiger charge is 2.49. The van der Waals surface area contributed by atoms with Crippen molar-refractivity contribution in [2.45, 2.75) is 31.7 Å². The van der Waals surface area contributed by atoms with Gasteiger partial charge in [-0.3, -0.25) is 0 Å². The predicted molar refractivity (Wildman–Crippen MR) is 72.5 cm³/mol. The second-order valence-corrected chi connectivity index (χ2v) is 5.50. The highest BCUT2D eigenvalue weighted by molar-refractivity contribution is 6.30. The molecule has 1 fully saturated rings. The van der Waals surface area contributed by atoms with Gasteiger partial charge in [0.25, 0.3) is 0 Å². The summed E-state index contributed by atoms with van der Waals surface area (Å²) in [6.45, 7) is 1.90. The van der Waals surface area contributed by atoms with E-state index in [1.807, 2.05) is 19.1 Å². The Morgan fingerprint density at radius 1 is 1.45 bits per heavy atom. The van der Waals surface area contributed by atoms with Crippen LogP contribution in [0.3, 0.4) is 0 Å². The summed E-state index contributed by atoms with van der Waals surface area (Å²) in [6.07, 6.45) is 1.96. The van der Waals surface area contributed by atoms with Crippen molar-refractivity contribution in [3.8, 4) is 11.4 Å². The number of carboxylic acids is 1. The van der Waals surface area contributed by atoms with Gasteiger partial charge in [-0.15, -0.1) is 5.10 Å². The maximum absolute atomic E-state index is 11.6. The number of carbonyl (C=O) groups is 1. The van der Waals surface area contributed by atoms with Crippen molar-refractivity contribution in [2.75, 3.05) is 0 Å². The number of aromatic nitrogens is 4. The first kappa shape index (κ1) is 13.1. The quantitative estimate of drug-likeness (QED) is 0.938. The molecule has 20 heavy (non-hydrogen) atoms. The maximum atomic E-state index is 11.6. The maximum Gasteiger partial charge on any atom is 0.331 e. The molecule has 3 rings (SSSR count). The van der Waals surface area contributed by atoms with E-state index in [-0.39, 0.29) is 0 Å². The first-order valence-electron chi connectivity index (χ1n) is 6.33. The zero-order valence-electron chi connectivity index (χ0n) is 10.9. The third-order valence-electron chi connectivity index (χ3n) is 3.88. The summed E-state index contributed by atoms with van der Waals surface area (Å²) in [6, 6.07) is 5.37. The van der Waals surface area contributed by atoms with Gasteiger partial charge in [0.2, 0.25) is 0 Å². The van der Waals surface area contributed by atoms with Crippen LogP contribution >= 0.6 is 11.6 Å².